The highest BCUT2D eigenvalue weighted by atomic mass is 16.2. The number of rotatable bonds is 1. The number of amides is 1. The molecule has 2 aliphatic heterocycles. The molecule has 3 nitrogen and oxygen atoms in total. The van der Waals surface area contributed by atoms with Crippen LogP contribution in [0.4, 0.5) is 0 Å². The first kappa shape index (κ1) is 9.00. The van der Waals surface area contributed by atoms with Gasteiger partial charge in [-0.1, -0.05) is 6.92 Å². The average Bonchev–Trinajstić information content (AvgIpc) is 2.19. The largest absolute Gasteiger partial charge is 0.337 e. The Labute approximate surface area is 79.5 Å². The van der Waals surface area contributed by atoms with Gasteiger partial charge in [-0.25, -0.2) is 0 Å². The molecule has 2 unspecified atom stereocenters. The zero-order valence-corrected chi connectivity index (χ0v) is 8.25. The molecule has 0 saturated carbocycles. The summed E-state index contributed by atoms with van der Waals surface area (Å²) >= 11 is 0. The van der Waals surface area contributed by atoms with Gasteiger partial charge in [-0.05, 0) is 25.7 Å². The molecule has 74 valence electrons. The van der Waals surface area contributed by atoms with E-state index in [4.69, 9.17) is 0 Å². The van der Waals surface area contributed by atoms with Crippen LogP contribution >= 0.6 is 0 Å². The molecular formula is C10H18N2O. The Morgan fingerprint density at radius 2 is 2.38 bits per heavy atom. The molecule has 1 N–H and O–H groups in total. The third-order valence-electron chi connectivity index (χ3n) is 3.29. The maximum atomic E-state index is 11.6. The molecule has 2 saturated heterocycles. The van der Waals surface area contributed by atoms with Crippen LogP contribution in [0.3, 0.4) is 0 Å². The standard InChI is InChI=1S/C10H18N2O/c1-2-8-9-5-3-4-6-12(9)10(13)7-11-8/h8-9,11H,2-7H2,1H3. The van der Waals surface area contributed by atoms with Gasteiger partial charge >= 0.3 is 0 Å². The Bertz CT molecular complexity index is 205. The van der Waals surface area contributed by atoms with Crippen molar-refractivity contribution < 1.29 is 4.79 Å². The SMILES string of the molecule is CCC1NCC(=O)N2CCCCC12. The second kappa shape index (κ2) is 3.66. The molecule has 13 heavy (non-hydrogen) atoms. The van der Waals surface area contributed by atoms with E-state index in [0.717, 1.165) is 13.0 Å². The van der Waals surface area contributed by atoms with Crippen molar-refractivity contribution in [1.29, 1.82) is 0 Å². The summed E-state index contributed by atoms with van der Waals surface area (Å²) < 4.78 is 0. The molecule has 0 radical (unpaired) electrons. The van der Waals surface area contributed by atoms with Gasteiger partial charge in [-0.3, -0.25) is 4.79 Å². The van der Waals surface area contributed by atoms with E-state index in [0.29, 0.717) is 24.5 Å². The molecule has 2 rings (SSSR count). The van der Waals surface area contributed by atoms with E-state index in [9.17, 15) is 4.79 Å². The molecule has 3 heteroatoms. The van der Waals surface area contributed by atoms with Crippen LogP contribution in [0.25, 0.3) is 0 Å². The summed E-state index contributed by atoms with van der Waals surface area (Å²) in [5, 5.41) is 3.33. The lowest BCUT2D eigenvalue weighted by molar-refractivity contribution is -0.138. The zero-order valence-electron chi connectivity index (χ0n) is 8.25. The van der Waals surface area contributed by atoms with Crippen molar-refractivity contribution in [2.75, 3.05) is 13.1 Å². The van der Waals surface area contributed by atoms with E-state index in [2.05, 4.69) is 17.1 Å². The van der Waals surface area contributed by atoms with Crippen molar-refractivity contribution in [2.24, 2.45) is 0 Å². The van der Waals surface area contributed by atoms with Crippen molar-refractivity contribution in [3.05, 3.63) is 0 Å². The van der Waals surface area contributed by atoms with Crippen LogP contribution in [-0.4, -0.2) is 36.0 Å². The van der Waals surface area contributed by atoms with E-state index in [1.165, 1.54) is 19.3 Å². The molecule has 0 aliphatic carbocycles. The molecule has 0 aromatic rings. The third-order valence-corrected chi connectivity index (χ3v) is 3.29. The van der Waals surface area contributed by atoms with Gasteiger partial charge in [-0.15, -0.1) is 0 Å². The first-order chi connectivity index (χ1) is 6.33. The summed E-state index contributed by atoms with van der Waals surface area (Å²) in [6.45, 7) is 3.73. The molecule has 0 spiro atoms. The monoisotopic (exact) mass is 182 g/mol. The molecule has 0 aromatic heterocycles. The van der Waals surface area contributed by atoms with Gasteiger partial charge in [0, 0.05) is 18.6 Å². The van der Waals surface area contributed by atoms with Crippen LogP contribution in [0.5, 0.6) is 0 Å². The lowest BCUT2D eigenvalue weighted by atomic mass is 9.92. The van der Waals surface area contributed by atoms with Crippen molar-refractivity contribution in [2.45, 2.75) is 44.7 Å². The van der Waals surface area contributed by atoms with E-state index >= 15 is 0 Å². The van der Waals surface area contributed by atoms with E-state index in [1.807, 2.05) is 0 Å². The second-order valence-electron chi connectivity index (χ2n) is 4.05. The molecule has 0 aromatic carbocycles. The van der Waals surface area contributed by atoms with E-state index in [-0.39, 0.29) is 0 Å². The quantitative estimate of drug-likeness (QED) is 0.649. The van der Waals surface area contributed by atoms with Crippen molar-refractivity contribution in [3.8, 4) is 0 Å². The number of fused-ring (bicyclic) bond motifs is 1. The minimum atomic E-state index is 0.300. The molecule has 2 heterocycles. The fourth-order valence-corrected chi connectivity index (χ4v) is 2.56. The highest BCUT2D eigenvalue weighted by Crippen LogP contribution is 2.23. The second-order valence-corrected chi connectivity index (χ2v) is 4.05. The summed E-state index contributed by atoms with van der Waals surface area (Å²) in [5.74, 6) is 0.300. The first-order valence-corrected chi connectivity index (χ1v) is 5.35. The highest BCUT2D eigenvalue weighted by molar-refractivity contribution is 5.79. The molecule has 0 bridgehead atoms. The summed E-state index contributed by atoms with van der Waals surface area (Å²) in [5.41, 5.74) is 0. The van der Waals surface area contributed by atoms with Crippen LogP contribution in [-0.2, 0) is 4.79 Å². The molecule has 2 fully saturated rings. The van der Waals surface area contributed by atoms with Gasteiger partial charge in [0.25, 0.3) is 0 Å². The fraction of sp³-hybridized carbons (Fsp3) is 0.900. The summed E-state index contributed by atoms with van der Waals surface area (Å²) in [6.07, 6.45) is 4.80. The van der Waals surface area contributed by atoms with Crippen LogP contribution in [0.15, 0.2) is 0 Å². The number of nitrogens with one attached hydrogen (secondary N) is 1. The van der Waals surface area contributed by atoms with Gasteiger partial charge in [0.1, 0.15) is 0 Å². The maximum Gasteiger partial charge on any atom is 0.236 e. The Morgan fingerprint density at radius 3 is 3.15 bits per heavy atom. The van der Waals surface area contributed by atoms with Crippen LogP contribution in [0, 0.1) is 0 Å². The minimum Gasteiger partial charge on any atom is -0.337 e. The topological polar surface area (TPSA) is 32.3 Å². The number of hydrogen-bond donors (Lipinski definition) is 1. The van der Waals surface area contributed by atoms with Crippen molar-refractivity contribution in [3.63, 3.8) is 0 Å². The van der Waals surface area contributed by atoms with Gasteiger partial charge in [0.2, 0.25) is 5.91 Å². The Morgan fingerprint density at radius 1 is 1.54 bits per heavy atom. The van der Waals surface area contributed by atoms with Crippen molar-refractivity contribution >= 4 is 5.91 Å². The highest BCUT2D eigenvalue weighted by Gasteiger charge is 2.35. The normalized spacial score (nSPS) is 34.5. The maximum absolute atomic E-state index is 11.6. The summed E-state index contributed by atoms with van der Waals surface area (Å²) in [7, 11) is 0. The fourth-order valence-electron chi connectivity index (χ4n) is 2.56. The lowest BCUT2D eigenvalue weighted by Crippen LogP contribution is -2.61. The van der Waals surface area contributed by atoms with Crippen LogP contribution in [0.1, 0.15) is 32.6 Å². The minimum absolute atomic E-state index is 0.300. The number of hydrogen-bond acceptors (Lipinski definition) is 2. The predicted octanol–water partition coefficient (Wildman–Crippen LogP) is 0.749. The Balaban J connectivity index is 2.09. The number of piperazine rings is 1. The number of piperidine rings is 1. The van der Waals surface area contributed by atoms with Crippen molar-refractivity contribution in [1.82, 2.24) is 10.2 Å². The number of nitrogens with zero attached hydrogens (tertiary/aromatic N) is 1. The molecule has 2 aliphatic rings. The number of carbonyl (C=O) groups is 1. The Kier molecular flexibility index (Phi) is 2.54. The zero-order chi connectivity index (χ0) is 9.26. The van der Waals surface area contributed by atoms with Gasteiger partial charge in [0.15, 0.2) is 0 Å². The van der Waals surface area contributed by atoms with Gasteiger partial charge in [0.05, 0.1) is 6.54 Å². The molecular weight excluding hydrogens is 164 g/mol. The number of carbonyl (C=O) groups excluding carboxylic acids is 1. The lowest BCUT2D eigenvalue weighted by Gasteiger charge is -2.44. The smallest absolute Gasteiger partial charge is 0.236 e. The molecule has 2 atom stereocenters. The van der Waals surface area contributed by atoms with E-state index < -0.39 is 0 Å². The van der Waals surface area contributed by atoms with Gasteiger partial charge in [-0.2, -0.15) is 0 Å². The van der Waals surface area contributed by atoms with Crippen LogP contribution in [0.2, 0.25) is 0 Å². The summed E-state index contributed by atoms with van der Waals surface area (Å²) in [4.78, 5) is 13.6. The first-order valence-electron chi connectivity index (χ1n) is 5.35. The average molecular weight is 182 g/mol. The third kappa shape index (κ3) is 1.57. The summed E-state index contributed by atoms with van der Waals surface area (Å²) in [6, 6.07) is 1.03. The predicted molar refractivity (Wildman–Crippen MR) is 51.4 cm³/mol. The van der Waals surface area contributed by atoms with E-state index in [1.54, 1.807) is 0 Å². The molecule has 1 amide bonds. The Hall–Kier alpha value is -0.570. The van der Waals surface area contributed by atoms with Gasteiger partial charge < -0.3 is 10.2 Å². The van der Waals surface area contributed by atoms with Crippen LogP contribution < -0.4 is 5.32 Å².